The maximum atomic E-state index is 10.1. The van der Waals surface area contributed by atoms with Crippen molar-refractivity contribution in [2.45, 2.75) is 19.8 Å². The Morgan fingerprint density at radius 1 is 1.03 bits per heavy atom. The van der Waals surface area contributed by atoms with Crippen LogP contribution < -0.4 is 9.64 Å². The first-order chi connectivity index (χ1) is 15.6. The second-order valence-corrected chi connectivity index (χ2v) is 7.92. The third-order valence-electron chi connectivity index (χ3n) is 5.62. The molecule has 0 radical (unpaired) electrons. The van der Waals surface area contributed by atoms with Crippen molar-refractivity contribution in [1.29, 1.82) is 5.26 Å². The summed E-state index contributed by atoms with van der Waals surface area (Å²) in [7, 11) is 0. The van der Waals surface area contributed by atoms with Gasteiger partial charge in [0.05, 0.1) is 5.92 Å². The first-order valence-corrected chi connectivity index (χ1v) is 11.1. The highest BCUT2D eigenvalue weighted by Gasteiger charge is 2.32. The van der Waals surface area contributed by atoms with Gasteiger partial charge in [0.2, 0.25) is 5.88 Å². The van der Waals surface area contributed by atoms with Gasteiger partial charge >= 0.3 is 0 Å². The molecule has 3 aromatic carbocycles. The van der Waals surface area contributed by atoms with E-state index in [-0.39, 0.29) is 5.92 Å². The van der Waals surface area contributed by atoms with Crippen molar-refractivity contribution in [3.05, 3.63) is 106 Å². The van der Waals surface area contributed by atoms with Gasteiger partial charge in [-0.15, -0.1) is 0 Å². The highest BCUT2D eigenvalue weighted by atomic mass is 35.5. The molecule has 0 saturated heterocycles. The van der Waals surface area contributed by atoms with Gasteiger partial charge in [0.15, 0.2) is 0 Å². The first kappa shape index (κ1) is 21.7. The number of nitrogens with zero attached hydrogens (tertiary/aromatic N) is 3. The molecule has 0 aliphatic carbocycles. The summed E-state index contributed by atoms with van der Waals surface area (Å²) in [5.74, 6) is 0.753. The number of halogens is 1. The van der Waals surface area contributed by atoms with Gasteiger partial charge < -0.3 is 9.64 Å². The number of aliphatic imine (C=N–C) groups is 1. The summed E-state index contributed by atoms with van der Waals surface area (Å²) in [5.41, 5.74) is 4.40. The molecule has 1 unspecified atom stereocenters. The minimum absolute atomic E-state index is 0.283. The molecule has 4 rings (SSSR count). The number of allylic oxidation sites excluding steroid dienone is 1. The Morgan fingerprint density at radius 2 is 1.75 bits per heavy atom. The Kier molecular flexibility index (Phi) is 6.58. The molecule has 0 bridgehead atoms. The molecule has 32 heavy (non-hydrogen) atoms. The third kappa shape index (κ3) is 4.39. The van der Waals surface area contributed by atoms with Crippen LogP contribution in [-0.2, 0) is 0 Å². The van der Waals surface area contributed by atoms with Gasteiger partial charge in [-0.2, -0.15) is 5.26 Å². The molecular weight excluding hydrogens is 418 g/mol. The lowest BCUT2D eigenvalue weighted by Gasteiger charge is -2.29. The summed E-state index contributed by atoms with van der Waals surface area (Å²) in [4.78, 5) is 6.84. The highest BCUT2D eigenvalue weighted by molar-refractivity contribution is 6.30. The molecule has 0 saturated carbocycles. The van der Waals surface area contributed by atoms with Crippen LogP contribution in [0.4, 0.5) is 5.69 Å². The van der Waals surface area contributed by atoms with E-state index in [9.17, 15) is 5.26 Å². The van der Waals surface area contributed by atoms with Crippen LogP contribution in [-0.4, -0.2) is 19.3 Å². The number of hydrogen-bond donors (Lipinski definition) is 0. The molecule has 160 valence electrons. The number of hydrogen-bond acceptors (Lipinski definition) is 4. The predicted molar refractivity (Wildman–Crippen MR) is 131 cm³/mol. The first-order valence-electron chi connectivity index (χ1n) is 10.7. The van der Waals surface area contributed by atoms with Crippen LogP contribution >= 0.6 is 11.6 Å². The Balaban J connectivity index is 1.84. The Hall–Kier alpha value is -3.55. The smallest absolute Gasteiger partial charge is 0.234 e. The van der Waals surface area contributed by atoms with Gasteiger partial charge in [-0.3, -0.25) is 0 Å². The molecule has 5 heteroatoms. The second-order valence-electron chi connectivity index (χ2n) is 7.48. The zero-order valence-electron chi connectivity index (χ0n) is 18.1. The van der Waals surface area contributed by atoms with E-state index < -0.39 is 0 Å². The number of ether oxygens (including phenoxy) is 1. The summed E-state index contributed by atoms with van der Waals surface area (Å²) in [6.07, 6.45) is 1.73. The van der Waals surface area contributed by atoms with E-state index in [0.29, 0.717) is 22.2 Å². The van der Waals surface area contributed by atoms with E-state index in [1.807, 2.05) is 60.7 Å². The van der Waals surface area contributed by atoms with Crippen molar-refractivity contribution in [2.75, 3.05) is 18.0 Å². The topological polar surface area (TPSA) is 48.6 Å². The van der Waals surface area contributed by atoms with Crippen LogP contribution in [0, 0.1) is 11.3 Å². The van der Waals surface area contributed by atoms with E-state index in [2.05, 4.69) is 41.9 Å². The second kappa shape index (κ2) is 9.72. The molecule has 4 nitrogen and oxygen atoms in total. The Labute approximate surface area is 194 Å². The number of benzene rings is 3. The van der Waals surface area contributed by atoms with Crippen LogP contribution in [0.1, 0.15) is 36.5 Å². The van der Waals surface area contributed by atoms with E-state index >= 15 is 0 Å². The fourth-order valence-electron chi connectivity index (χ4n) is 3.96. The minimum atomic E-state index is -0.283. The van der Waals surface area contributed by atoms with Crippen molar-refractivity contribution >= 4 is 23.5 Å². The van der Waals surface area contributed by atoms with Crippen LogP contribution in [0.2, 0.25) is 5.02 Å². The molecule has 0 fully saturated rings. The van der Waals surface area contributed by atoms with Gasteiger partial charge in [0, 0.05) is 41.6 Å². The van der Waals surface area contributed by atoms with Gasteiger partial charge in [-0.05, 0) is 43.2 Å². The van der Waals surface area contributed by atoms with Gasteiger partial charge in [-0.1, -0.05) is 60.1 Å². The molecule has 3 aromatic rings. The summed E-state index contributed by atoms with van der Waals surface area (Å²) in [5, 5.41) is 10.7. The molecule has 1 aliphatic rings. The zero-order valence-corrected chi connectivity index (χ0v) is 18.9. The molecule has 0 N–H and O–H groups in total. The molecule has 1 heterocycles. The Bertz CT molecular complexity index is 1190. The monoisotopic (exact) mass is 441 g/mol. The molecule has 1 aliphatic heterocycles. The number of anilines is 1. The summed E-state index contributed by atoms with van der Waals surface area (Å²) < 4.78 is 6.22. The van der Waals surface area contributed by atoms with Crippen LogP contribution in [0.5, 0.6) is 5.75 Å². The lowest BCUT2D eigenvalue weighted by Crippen LogP contribution is -2.22. The van der Waals surface area contributed by atoms with Crippen molar-refractivity contribution in [2.24, 2.45) is 4.99 Å². The molecular formula is C27H24ClN3O. The van der Waals surface area contributed by atoms with E-state index in [1.165, 1.54) is 0 Å². The van der Waals surface area contributed by atoms with E-state index in [0.717, 1.165) is 35.5 Å². The maximum Gasteiger partial charge on any atom is 0.234 e. The normalized spacial score (nSPS) is 15.2. The lowest BCUT2D eigenvalue weighted by atomic mass is 9.83. The highest BCUT2D eigenvalue weighted by Crippen LogP contribution is 2.44. The van der Waals surface area contributed by atoms with Crippen LogP contribution in [0.15, 0.2) is 89.2 Å². The zero-order chi connectivity index (χ0) is 22.5. The van der Waals surface area contributed by atoms with Crippen molar-refractivity contribution in [1.82, 2.24) is 0 Å². The van der Waals surface area contributed by atoms with Crippen LogP contribution in [0.25, 0.3) is 0 Å². The number of fused-ring (bicyclic) bond motifs is 1. The van der Waals surface area contributed by atoms with E-state index in [1.54, 1.807) is 6.21 Å². The standard InChI is InChI=1S/C27H24ClN3O/c1-3-31(4-2)22-14-15-23-25(16-22)32-27(30-18-19-8-6-5-7-9-19)24(17-29)26(23)20-10-12-21(28)13-11-20/h5-16,18,26H,3-4H2,1-2H3. The van der Waals surface area contributed by atoms with Crippen molar-refractivity contribution in [3.63, 3.8) is 0 Å². The van der Waals surface area contributed by atoms with Crippen molar-refractivity contribution < 1.29 is 4.74 Å². The fourth-order valence-corrected chi connectivity index (χ4v) is 4.08. The van der Waals surface area contributed by atoms with E-state index in [4.69, 9.17) is 16.3 Å². The molecule has 0 spiro atoms. The Morgan fingerprint density at radius 3 is 2.41 bits per heavy atom. The van der Waals surface area contributed by atoms with Gasteiger partial charge in [-0.25, -0.2) is 4.99 Å². The van der Waals surface area contributed by atoms with Crippen molar-refractivity contribution in [3.8, 4) is 11.8 Å². The summed E-state index contributed by atoms with van der Waals surface area (Å²) in [6.45, 7) is 6.05. The summed E-state index contributed by atoms with van der Waals surface area (Å²) >= 11 is 6.12. The third-order valence-corrected chi connectivity index (χ3v) is 5.87. The lowest BCUT2D eigenvalue weighted by molar-refractivity contribution is 0.395. The number of rotatable bonds is 6. The molecule has 1 atom stereocenters. The minimum Gasteiger partial charge on any atom is -0.438 e. The molecule has 0 amide bonds. The average Bonchev–Trinajstić information content (AvgIpc) is 2.83. The quantitative estimate of drug-likeness (QED) is 0.406. The average molecular weight is 442 g/mol. The largest absolute Gasteiger partial charge is 0.438 e. The molecule has 0 aromatic heterocycles. The van der Waals surface area contributed by atoms with Gasteiger partial charge in [0.1, 0.15) is 17.4 Å². The SMILES string of the molecule is CCN(CC)c1ccc2c(c1)OC(N=Cc1ccccc1)=C(C#N)C2c1ccc(Cl)cc1. The van der Waals surface area contributed by atoms with Gasteiger partial charge in [0.25, 0.3) is 0 Å². The predicted octanol–water partition coefficient (Wildman–Crippen LogP) is 6.56. The number of nitriles is 1. The van der Waals surface area contributed by atoms with Crippen LogP contribution in [0.3, 0.4) is 0 Å². The maximum absolute atomic E-state index is 10.1. The summed E-state index contributed by atoms with van der Waals surface area (Å²) in [6, 6.07) is 25.9. The fraction of sp³-hybridized carbons (Fsp3) is 0.185.